The second-order valence-electron chi connectivity index (χ2n) is 5.92. The van der Waals surface area contributed by atoms with Crippen molar-refractivity contribution in [1.82, 2.24) is 9.88 Å². The quantitative estimate of drug-likeness (QED) is 0.886. The molecule has 1 aromatic rings. The highest BCUT2D eigenvalue weighted by Crippen LogP contribution is 2.39. The van der Waals surface area contributed by atoms with Crippen LogP contribution in [-0.2, 0) is 17.6 Å². The van der Waals surface area contributed by atoms with Crippen molar-refractivity contribution >= 4 is 22.4 Å². The molecule has 3 rings (SSSR count). The van der Waals surface area contributed by atoms with Gasteiger partial charge in [-0.3, -0.25) is 9.69 Å². The lowest BCUT2D eigenvalue weighted by atomic mass is 9.75. The molecule has 0 saturated carbocycles. The van der Waals surface area contributed by atoms with Crippen molar-refractivity contribution in [2.24, 2.45) is 11.8 Å². The van der Waals surface area contributed by atoms with Gasteiger partial charge in [-0.15, -0.1) is 11.3 Å². The van der Waals surface area contributed by atoms with E-state index in [4.69, 9.17) is 5.73 Å². The van der Waals surface area contributed by atoms with Gasteiger partial charge in [-0.05, 0) is 38.1 Å². The molecule has 1 fully saturated rings. The van der Waals surface area contributed by atoms with Crippen molar-refractivity contribution in [2.45, 2.75) is 38.6 Å². The maximum Gasteiger partial charge on any atom is 0.307 e. The summed E-state index contributed by atoms with van der Waals surface area (Å²) in [4.78, 5) is 19.5. The first-order valence-corrected chi connectivity index (χ1v) is 8.11. The lowest BCUT2D eigenvalue weighted by Gasteiger charge is -2.45. The van der Waals surface area contributed by atoms with Crippen LogP contribution in [0, 0.1) is 11.8 Å². The lowest BCUT2D eigenvalue weighted by molar-refractivity contribution is -0.145. The van der Waals surface area contributed by atoms with Gasteiger partial charge in [0.2, 0.25) is 0 Å². The Morgan fingerprint density at radius 1 is 1.55 bits per heavy atom. The summed E-state index contributed by atoms with van der Waals surface area (Å²) in [6.45, 7) is 3.82. The van der Waals surface area contributed by atoms with Crippen molar-refractivity contribution in [3.63, 3.8) is 0 Å². The van der Waals surface area contributed by atoms with Crippen molar-refractivity contribution < 1.29 is 9.90 Å². The molecule has 6 heteroatoms. The maximum absolute atomic E-state index is 11.4. The smallest absolute Gasteiger partial charge is 0.307 e. The van der Waals surface area contributed by atoms with E-state index in [1.807, 2.05) is 0 Å². The minimum atomic E-state index is -0.659. The third kappa shape index (κ3) is 2.42. The third-order valence-corrected chi connectivity index (χ3v) is 5.51. The van der Waals surface area contributed by atoms with Gasteiger partial charge in [-0.2, -0.15) is 0 Å². The number of carbonyl (C=O) groups is 1. The predicted molar refractivity (Wildman–Crippen MR) is 78.8 cm³/mol. The molecule has 20 heavy (non-hydrogen) atoms. The van der Waals surface area contributed by atoms with Crippen LogP contribution in [-0.4, -0.2) is 40.1 Å². The van der Waals surface area contributed by atoms with Crippen molar-refractivity contribution in [3.05, 3.63) is 10.6 Å². The van der Waals surface area contributed by atoms with Crippen LogP contribution >= 0.6 is 11.3 Å². The lowest BCUT2D eigenvalue weighted by Crippen LogP contribution is -2.53. The van der Waals surface area contributed by atoms with Crippen LogP contribution in [0.4, 0.5) is 5.13 Å². The summed E-state index contributed by atoms with van der Waals surface area (Å²) < 4.78 is 0. The molecule has 0 radical (unpaired) electrons. The Labute approximate surface area is 122 Å². The Bertz CT molecular complexity index is 517. The second kappa shape index (κ2) is 5.33. The fourth-order valence-corrected chi connectivity index (χ4v) is 4.62. The molecule has 0 amide bonds. The number of carboxylic acid groups (broad SMARTS) is 1. The number of hydrogen-bond donors (Lipinski definition) is 2. The fourth-order valence-electron chi connectivity index (χ4n) is 3.71. The van der Waals surface area contributed by atoms with Crippen molar-refractivity contribution in [1.29, 1.82) is 0 Å². The number of piperidine rings is 1. The van der Waals surface area contributed by atoms with E-state index in [1.165, 1.54) is 4.88 Å². The molecule has 110 valence electrons. The Morgan fingerprint density at radius 2 is 2.35 bits per heavy atom. The van der Waals surface area contributed by atoms with Gasteiger partial charge in [0.15, 0.2) is 5.13 Å². The average Bonchev–Trinajstić information content (AvgIpc) is 2.75. The largest absolute Gasteiger partial charge is 0.481 e. The first kappa shape index (κ1) is 13.8. The predicted octanol–water partition coefficient (Wildman–Crippen LogP) is 1.63. The number of rotatable bonds is 3. The van der Waals surface area contributed by atoms with Crippen LogP contribution in [0.25, 0.3) is 0 Å². The summed E-state index contributed by atoms with van der Waals surface area (Å²) in [7, 11) is 0. The molecule has 0 bridgehead atoms. The standard InChI is InChI=1S/C14H21N3O2S/c1-2-3-17-7-9(13(18)19)4-8-5-10-12(6-11(8)17)20-14(15)16-10/h8-9,11H,2-7H2,1H3,(H2,15,16)(H,18,19). The summed E-state index contributed by atoms with van der Waals surface area (Å²) in [6.07, 6.45) is 3.71. The summed E-state index contributed by atoms with van der Waals surface area (Å²) >= 11 is 1.60. The highest BCUT2D eigenvalue weighted by molar-refractivity contribution is 7.15. The number of hydrogen-bond acceptors (Lipinski definition) is 5. The van der Waals surface area contributed by atoms with Crippen LogP contribution in [0.3, 0.4) is 0 Å². The first-order chi connectivity index (χ1) is 9.58. The van der Waals surface area contributed by atoms with Gasteiger partial charge in [0, 0.05) is 17.5 Å². The van der Waals surface area contributed by atoms with E-state index in [0.717, 1.165) is 37.9 Å². The summed E-state index contributed by atoms with van der Waals surface area (Å²) in [5, 5.41) is 10.00. The monoisotopic (exact) mass is 295 g/mol. The highest BCUT2D eigenvalue weighted by atomic mass is 32.1. The normalized spacial score (nSPS) is 29.8. The topological polar surface area (TPSA) is 79.5 Å². The molecular formula is C14H21N3O2S. The molecule has 1 saturated heterocycles. The van der Waals surface area contributed by atoms with Gasteiger partial charge in [0.05, 0.1) is 11.6 Å². The molecule has 5 nitrogen and oxygen atoms in total. The molecule has 1 aliphatic heterocycles. The molecule has 2 heterocycles. The number of nitrogen functional groups attached to an aromatic ring is 1. The number of thiazole rings is 1. The average molecular weight is 295 g/mol. The maximum atomic E-state index is 11.4. The minimum absolute atomic E-state index is 0.236. The van der Waals surface area contributed by atoms with E-state index in [1.54, 1.807) is 11.3 Å². The minimum Gasteiger partial charge on any atom is -0.481 e. The number of carboxylic acids is 1. The number of likely N-dealkylation sites (tertiary alicyclic amines) is 1. The van der Waals surface area contributed by atoms with Crippen LogP contribution in [0.5, 0.6) is 0 Å². The molecule has 3 N–H and O–H groups in total. The number of aromatic nitrogens is 1. The molecule has 1 aliphatic carbocycles. The van der Waals surface area contributed by atoms with Crippen LogP contribution < -0.4 is 5.73 Å². The number of nitrogens with two attached hydrogens (primary N) is 1. The van der Waals surface area contributed by atoms with Gasteiger partial charge in [0.25, 0.3) is 0 Å². The summed E-state index contributed by atoms with van der Waals surface area (Å²) in [6, 6.07) is 0.470. The van der Waals surface area contributed by atoms with Gasteiger partial charge < -0.3 is 10.8 Å². The number of anilines is 1. The van der Waals surface area contributed by atoms with E-state index >= 15 is 0 Å². The number of nitrogens with zero attached hydrogens (tertiary/aromatic N) is 2. The van der Waals surface area contributed by atoms with E-state index in [-0.39, 0.29) is 5.92 Å². The highest BCUT2D eigenvalue weighted by Gasteiger charge is 2.41. The van der Waals surface area contributed by atoms with Crippen LogP contribution in [0.15, 0.2) is 0 Å². The third-order valence-electron chi connectivity index (χ3n) is 4.56. The fraction of sp³-hybridized carbons (Fsp3) is 0.714. The molecule has 0 aromatic carbocycles. The Morgan fingerprint density at radius 3 is 3.05 bits per heavy atom. The zero-order chi connectivity index (χ0) is 14.3. The van der Waals surface area contributed by atoms with E-state index in [2.05, 4.69) is 16.8 Å². The summed E-state index contributed by atoms with van der Waals surface area (Å²) in [5.74, 6) is -0.487. The van der Waals surface area contributed by atoms with Crippen LogP contribution in [0.2, 0.25) is 0 Å². The Balaban J connectivity index is 1.85. The van der Waals surface area contributed by atoms with Gasteiger partial charge in [-0.1, -0.05) is 6.92 Å². The Kier molecular flexibility index (Phi) is 3.69. The molecular weight excluding hydrogens is 274 g/mol. The molecule has 3 atom stereocenters. The van der Waals surface area contributed by atoms with E-state index in [9.17, 15) is 9.90 Å². The molecule has 1 aromatic heterocycles. The Hall–Kier alpha value is -1.14. The van der Waals surface area contributed by atoms with E-state index < -0.39 is 5.97 Å². The van der Waals surface area contributed by atoms with Gasteiger partial charge >= 0.3 is 5.97 Å². The van der Waals surface area contributed by atoms with Crippen molar-refractivity contribution in [2.75, 3.05) is 18.8 Å². The first-order valence-electron chi connectivity index (χ1n) is 7.29. The van der Waals surface area contributed by atoms with Gasteiger partial charge in [0.1, 0.15) is 0 Å². The number of fused-ring (bicyclic) bond motifs is 2. The second-order valence-corrected chi connectivity index (χ2v) is 7.04. The molecule has 0 spiro atoms. The SMILES string of the molecule is CCCN1CC(C(=O)O)CC2Cc3nc(N)sc3CC21. The van der Waals surface area contributed by atoms with Crippen molar-refractivity contribution in [3.8, 4) is 0 Å². The zero-order valence-corrected chi connectivity index (χ0v) is 12.5. The summed E-state index contributed by atoms with van der Waals surface area (Å²) in [5.41, 5.74) is 6.92. The molecule has 2 aliphatic rings. The van der Waals surface area contributed by atoms with Gasteiger partial charge in [-0.25, -0.2) is 4.98 Å². The van der Waals surface area contributed by atoms with Crippen LogP contribution in [0.1, 0.15) is 30.3 Å². The molecule has 3 unspecified atom stereocenters. The number of aliphatic carboxylic acids is 1. The van der Waals surface area contributed by atoms with E-state index in [0.29, 0.717) is 23.6 Å². The zero-order valence-electron chi connectivity index (χ0n) is 11.7.